The van der Waals surface area contributed by atoms with E-state index in [2.05, 4.69) is 20.9 Å². The minimum absolute atomic E-state index is 0.0906. The van der Waals surface area contributed by atoms with Crippen molar-refractivity contribution in [2.24, 2.45) is 7.05 Å². The maximum atomic E-state index is 8.57. The minimum Gasteiger partial charge on any atom is -0.394 e. The molecule has 19 heavy (non-hydrogen) atoms. The molecule has 0 saturated heterocycles. The molecule has 0 spiro atoms. The lowest BCUT2D eigenvalue weighted by molar-refractivity contribution is 0.0907. The smallest absolute Gasteiger partial charge is 0.123 e. The number of fused-ring (bicyclic) bond motifs is 1. The molecular weight excluding hydrogens is 242 g/mol. The summed E-state index contributed by atoms with van der Waals surface area (Å²) in [6, 6.07) is 8.14. The van der Waals surface area contributed by atoms with Crippen LogP contribution in [-0.2, 0) is 18.3 Å². The van der Waals surface area contributed by atoms with Crippen molar-refractivity contribution < 1.29 is 9.84 Å². The van der Waals surface area contributed by atoms with Crippen LogP contribution in [0.4, 0.5) is 0 Å². The molecule has 0 aliphatic carbocycles. The first kappa shape index (κ1) is 14.0. The van der Waals surface area contributed by atoms with Crippen LogP contribution in [0, 0.1) is 0 Å². The van der Waals surface area contributed by atoms with Gasteiger partial charge in [0.15, 0.2) is 0 Å². The minimum atomic E-state index is 0.0906. The first-order valence-electron chi connectivity index (χ1n) is 6.62. The molecule has 1 aromatic carbocycles. The second-order valence-electron chi connectivity index (χ2n) is 4.44. The van der Waals surface area contributed by atoms with E-state index in [1.165, 1.54) is 0 Å². The molecule has 1 aromatic heterocycles. The van der Waals surface area contributed by atoms with Gasteiger partial charge in [0.05, 0.1) is 30.8 Å². The third-order valence-corrected chi connectivity index (χ3v) is 3.04. The fourth-order valence-electron chi connectivity index (χ4n) is 2.02. The summed E-state index contributed by atoms with van der Waals surface area (Å²) in [5.41, 5.74) is 2.19. The van der Waals surface area contributed by atoms with Gasteiger partial charge in [-0.3, -0.25) is 0 Å². The number of imidazole rings is 1. The molecule has 1 heterocycles. The number of hydrogen-bond donors (Lipinski definition) is 2. The van der Waals surface area contributed by atoms with Crippen LogP contribution in [0.3, 0.4) is 0 Å². The Morgan fingerprint density at radius 2 is 2.16 bits per heavy atom. The Labute approximate surface area is 113 Å². The molecule has 2 rings (SSSR count). The van der Waals surface area contributed by atoms with Crippen LogP contribution >= 0.6 is 0 Å². The van der Waals surface area contributed by atoms with Gasteiger partial charge in [-0.25, -0.2) is 4.98 Å². The van der Waals surface area contributed by atoms with Crippen molar-refractivity contribution in [2.75, 3.05) is 26.4 Å². The lowest BCUT2D eigenvalue weighted by Gasteiger charge is -2.05. The molecule has 0 fully saturated rings. The van der Waals surface area contributed by atoms with Crippen LogP contribution in [0.15, 0.2) is 24.3 Å². The summed E-state index contributed by atoms with van der Waals surface area (Å²) in [5, 5.41) is 11.9. The van der Waals surface area contributed by atoms with E-state index in [-0.39, 0.29) is 6.61 Å². The molecule has 0 radical (unpaired) electrons. The number of aryl methyl sites for hydroxylation is 1. The maximum Gasteiger partial charge on any atom is 0.123 e. The van der Waals surface area contributed by atoms with Crippen molar-refractivity contribution in [3.05, 3.63) is 30.1 Å². The number of aliphatic hydroxyl groups excluding tert-OH is 1. The monoisotopic (exact) mass is 263 g/mol. The number of ether oxygens (including phenoxy) is 1. The van der Waals surface area contributed by atoms with Crippen LogP contribution in [0.25, 0.3) is 11.0 Å². The average molecular weight is 263 g/mol. The van der Waals surface area contributed by atoms with Crippen molar-refractivity contribution in [1.29, 1.82) is 0 Å². The predicted molar refractivity (Wildman–Crippen MR) is 74.9 cm³/mol. The molecule has 2 aromatic rings. The Bertz CT molecular complexity index is 510. The number of nitrogens with zero attached hydrogens (tertiary/aromatic N) is 2. The van der Waals surface area contributed by atoms with E-state index in [1.54, 1.807) is 0 Å². The Kier molecular flexibility index (Phi) is 5.32. The van der Waals surface area contributed by atoms with Crippen LogP contribution in [0.1, 0.15) is 12.2 Å². The summed E-state index contributed by atoms with van der Waals surface area (Å²) < 4.78 is 7.31. The Morgan fingerprint density at radius 1 is 1.32 bits per heavy atom. The zero-order valence-electron chi connectivity index (χ0n) is 11.3. The molecular formula is C14H21N3O2. The fraction of sp³-hybridized carbons (Fsp3) is 0.500. The van der Waals surface area contributed by atoms with Gasteiger partial charge in [0.2, 0.25) is 0 Å². The van der Waals surface area contributed by atoms with E-state index < -0.39 is 0 Å². The van der Waals surface area contributed by atoms with Gasteiger partial charge in [0.25, 0.3) is 0 Å². The number of para-hydroxylation sites is 2. The van der Waals surface area contributed by atoms with Crippen molar-refractivity contribution in [1.82, 2.24) is 14.9 Å². The highest BCUT2D eigenvalue weighted by molar-refractivity contribution is 5.75. The summed E-state index contributed by atoms with van der Waals surface area (Å²) in [6.45, 7) is 2.83. The molecule has 104 valence electrons. The van der Waals surface area contributed by atoms with Crippen molar-refractivity contribution >= 4 is 11.0 Å². The van der Waals surface area contributed by atoms with Gasteiger partial charge in [0.1, 0.15) is 5.82 Å². The van der Waals surface area contributed by atoms with Gasteiger partial charge >= 0.3 is 0 Å². The van der Waals surface area contributed by atoms with Gasteiger partial charge in [-0.1, -0.05) is 12.1 Å². The quantitative estimate of drug-likeness (QED) is 0.699. The van der Waals surface area contributed by atoms with Crippen LogP contribution < -0.4 is 5.32 Å². The van der Waals surface area contributed by atoms with Gasteiger partial charge in [-0.05, 0) is 25.1 Å². The third-order valence-electron chi connectivity index (χ3n) is 3.04. The van der Waals surface area contributed by atoms with Crippen LogP contribution in [0.2, 0.25) is 0 Å². The first-order valence-corrected chi connectivity index (χ1v) is 6.62. The largest absolute Gasteiger partial charge is 0.394 e. The van der Waals surface area contributed by atoms with E-state index in [0.29, 0.717) is 13.2 Å². The Morgan fingerprint density at radius 3 is 2.95 bits per heavy atom. The van der Waals surface area contributed by atoms with E-state index in [9.17, 15) is 0 Å². The number of hydrogen-bond acceptors (Lipinski definition) is 4. The fourth-order valence-corrected chi connectivity index (χ4v) is 2.02. The highest BCUT2D eigenvalue weighted by atomic mass is 16.5. The predicted octanol–water partition coefficient (Wildman–Crippen LogP) is 1.06. The second kappa shape index (κ2) is 7.23. The number of rotatable bonds is 8. The lowest BCUT2D eigenvalue weighted by Crippen LogP contribution is -2.19. The third kappa shape index (κ3) is 3.76. The van der Waals surface area contributed by atoms with E-state index >= 15 is 0 Å². The van der Waals surface area contributed by atoms with Gasteiger partial charge in [0, 0.05) is 13.7 Å². The highest BCUT2D eigenvalue weighted by Gasteiger charge is 2.05. The second-order valence-corrected chi connectivity index (χ2v) is 4.44. The zero-order valence-corrected chi connectivity index (χ0v) is 11.3. The van der Waals surface area contributed by atoms with Crippen molar-refractivity contribution in [2.45, 2.75) is 13.0 Å². The molecule has 0 saturated carbocycles. The number of aromatic nitrogens is 2. The average Bonchev–Trinajstić information content (AvgIpc) is 2.75. The molecule has 0 unspecified atom stereocenters. The standard InChI is InChI=1S/C14H21N3O2/c1-17-13-6-3-2-5-12(13)16-14(17)11-15-7-4-9-19-10-8-18/h2-3,5-6,15,18H,4,7-11H2,1H3. The molecule has 0 aliphatic rings. The van der Waals surface area contributed by atoms with Crippen LogP contribution in [0.5, 0.6) is 0 Å². The van der Waals surface area contributed by atoms with Gasteiger partial charge < -0.3 is 19.7 Å². The molecule has 0 amide bonds. The molecule has 0 bridgehead atoms. The lowest BCUT2D eigenvalue weighted by atomic mass is 10.3. The SMILES string of the molecule is Cn1c(CNCCCOCCO)nc2ccccc21. The molecule has 0 aliphatic heterocycles. The van der Waals surface area contributed by atoms with Gasteiger partial charge in [-0.15, -0.1) is 0 Å². The summed E-state index contributed by atoms with van der Waals surface area (Å²) in [6.07, 6.45) is 0.934. The molecule has 2 N–H and O–H groups in total. The summed E-state index contributed by atoms with van der Waals surface area (Å²) >= 11 is 0. The summed E-state index contributed by atoms with van der Waals surface area (Å²) in [4.78, 5) is 4.60. The van der Waals surface area contributed by atoms with Crippen molar-refractivity contribution in [3.8, 4) is 0 Å². The zero-order chi connectivity index (χ0) is 13.5. The van der Waals surface area contributed by atoms with E-state index in [4.69, 9.17) is 9.84 Å². The number of benzene rings is 1. The summed E-state index contributed by atoms with van der Waals surface area (Å²) in [5.74, 6) is 1.04. The topological polar surface area (TPSA) is 59.3 Å². The Balaban J connectivity index is 1.77. The number of aliphatic hydroxyl groups is 1. The highest BCUT2D eigenvalue weighted by Crippen LogP contribution is 2.13. The van der Waals surface area contributed by atoms with Crippen LogP contribution in [-0.4, -0.2) is 41.0 Å². The van der Waals surface area contributed by atoms with Crippen molar-refractivity contribution in [3.63, 3.8) is 0 Å². The first-order chi connectivity index (χ1) is 9.33. The maximum absolute atomic E-state index is 8.57. The molecule has 5 nitrogen and oxygen atoms in total. The Hall–Kier alpha value is -1.43. The number of nitrogens with one attached hydrogen (secondary N) is 1. The summed E-state index contributed by atoms with van der Waals surface area (Å²) in [7, 11) is 2.04. The van der Waals surface area contributed by atoms with E-state index in [0.717, 1.165) is 36.4 Å². The van der Waals surface area contributed by atoms with E-state index in [1.807, 2.05) is 25.2 Å². The molecule has 0 atom stereocenters. The van der Waals surface area contributed by atoms with Gasteiger partial charge in [-0.2, -0.15) is 0 Å². The molecule has 5 heteroatoms. The normalized spacial score (nSPS) is 11.3.